The van der Waals surface area contributed by atoms with Crippen molar-refractivity contribution < 1.29 is 9.90 Å². The summed E-state index contributed by atoms with van der Waals surface area (Å²) in [5.41, 5.74) is 1.48. The lowest BCUT2D eigenvalue weighted by Crippen LogP contribution is -2.25. The Morgan fingerprint density at radius 1 is 1.50 bits per heavy atom. The third-order valence-electron chi connectivity index (χ3n) is 3.19. The van der Waals surface area contributed by atoms with E-state index in [2.05, 4.69) is 14.9 Å². The van der Waals surface area contributed by atoms with E-state index in [-0.39, 0.29) is 5.91 Å². The van der Waals surface area contributed by atoms with E-state index >= 15 is 0 Å². The van der Waals surface area contributed by atoms with E-state index in [9.17, 15) is 9.90 Å². The maximum atomic E-state index is 12.1. The van der Waals surface area contributed by atoms with Gasteiger partial charge in [-0.2, -0.15) is 0 Å². The van der Waals surface area contributed by atoms with E-state index in [1.165, 1.54) is 0 Å². The molecule has 1 heterocycles. The van der Waals surface area contributed by atoms with Gasteiger partial charge in [-0.1, -0.05) is 41.6 Å². The van der Waals surface area contributed by atoms with Crippen molar-refractivity contribution in [2.24, 2.45) is 0 Å². The van der Waals surface area contributed by atoms with Gasteiger partial charge in [-0.15, -0.1) is 5.10 Å². The van der Waals surface area contributed by atoms with E-state index in [4.69, 9.17) is 11.6 Å². The molecule has 0 aliphatic rings. The number of aliphatic hydroxyl groups excluding tert-OH is 1. The first-order valence-electron chi connectivity index (χ1n) is 7.14. The molecule has 0 saturated carbocycles. The predicted octanol–water partition coefficient (Wildman–Crippen LogP) is 3.00. The summed E-state index contributed by atoms with van der Waals surface area (Å²) in [5, 5.41) is 17.4. The molecular formula is C15H18ClN3O2S. The largest absolute Gasteiger partial charge is 0.388 e. The second-order valence-electron chi connectivity index (χ2n) is 4.91. The number of aromatic nitrogens is 2. The summed E-state index contributed by atoms with van der Waals surface area (Å²) < 4.78 is 3.83. The van der Waals surface area contributed by atoms with Crippen LogP contribution in [0, 0.1) is 0 Å². The van der Waals surface area contributed by atoms with Gasteiger partial charge in [0.2, 0.25) is 0 Å². The number of halogens is 1. The average molecular weight is 340 g/mol. The Labute approximate surface area is 138 Å². The molecule has 2 aromatic rings. The summed E-state index contributed by atoms with van der Waals surface area (Å²) in [7, 11) is 0. The number of hydrogen-bond donors (Lipinski definition) is 2. The van der Waals surface area contributed by atoms with E-state index in [0.29, 0.717) is 22.9 Å². The van der Waals surface area contributed by atoms with Crippen molar-refractivity contribution in [1.82, 2.24) is 14.9 Å². The maximum absolute atomic E-state index is 12.1. The van der Waals surface area contributed by atoms with Crippen LogP contribution < -0.4 is 5.32 Å². The molecule has 0 saturated heterocycles. The van der Waals surface area contributed by atoms with Crippen molar-refractivity contribution in [3.05, 3.63) is 45.4 Å². The monoisotopic (exact) mass is 339 g/mol. The SMILES string of the molecule is CCCc1nnsc1C(=O)NCCC(O)c1cccc(Cl)c1. The quantitative estimate of drug-likeness (QED) is 0.813. The van der Waals surface area contributed by atoms with E-state index in [0.717, 1.165) is 35.6 Å². The summed E-state index contributed by atoms with van der Waals surface area (Å²) in [5.74, 6) is -0.184. The van der Waals surface area contributed by atoms with Crippen LogP contribution in [-0.2, 0) is 6.42 Å². The number of amides is 1. The van der Waals surface area contributed by atoms with E-state index in [1.54, 1.807) is 18.2 Å². The number of benzene rings is 1. The Bertz CT molecular complexity index is 633. The molecule has 0 spiro atoms. The van der Waals surface area contributed by atoms with Gasteiger partial charge in [0.05, 0.1) is 11.8 Å². The molecule has 0 radical (unpaired) electrons. The number of nitrogens with zero attached hydrogens (tertiary/aromatic N) is 2. The minimum absolute atomic E-state index is 0.184. The number of aryl methyl sites for hydroxylation is 1. The van der Waals surface area contributed by atoms with Gasteiger partial charge in [-0.25, -0.2) is 0 Å². The first-order chi connectivity index (χ1) is 10.6. The number of carbonyl (C=O) groups is 1. The topological polar surface area (TPSA) is 75.1 Å². The Balaban J connectivity index is 1.85. The second kappa shape index (κ2) is 8.22. The van der Waals surface area contributed by atoms with Crippen molar-refractivity contribution in [1.29, 1.82) is 0 Å². The summed E-state index contributed by atoms with van der Waals surface area (Å²) in [6, 6.07) is 7.08. The molecule has 0 fully saturated rings. The van der Waals surface area contributed by atoms with Crippen LogP contribution in [0.15, 0.2) is 24.3 Å². The molecule has 1 amide bonds. The van der Waals surface area contributed by atoms with Gasteiger partial charge in [0.25, 0.3) is 5.91 Å². The number of hydrogen-bond acceptors (Lipinski definition) is 5. The number of carbonyl (C=O) groups excluding carboxylic acids is 1. The van der Waals surface area contributed by atoms with Crippen LogP contribution in [-0.4, -0.2) is 27.1 Å². The first kappa shape index (κ1) is 16.9. The van der Waals surface area contributed by atoms with Crippen LogP contribution in [0.3, 0.4) is 0 Å². The molecule has 1 atom stereocenters. The van der Waals surface area contributed by atoms with Crippen LogP contribution >= 0.6 is 23.1 Å². The van der Waals surface area contributed by atoms with Crippen molar-refractivity contribution in [3.8, 4) is 0 Å². The number of nitrogens with one attached hydrogen (secondary N) is 1. The Hall–Kier alpha value is -1.50. The molecule has 0 bridgehead atoms. The number of rotatable bonds is 7. The van der Waals surface area contributed by atoms with Crippen LogP contribution in [0.1, 0.15) is 46.8 Å². The minimum atomic E-state index is -0.659. The second-order valence-corrected chi connectivity index (χ2v) is 6.10. The molecule has 0 aliphatic heterocycles. The van der Waals surface area contributed by atoms with Gasteiger partial charge in [0.15, 0.2) is 0 Å². The molecule has 22 heavy (non-hydrogen) atoms. The fraction of sp³-hybridized carbons (Fsp3) is 0.400. The highest BCUT2D eigenvalue weighted by molar-refractivity contribution is 7.08. The third-order valence-corrected chi connectivity index (χ3v) is 4.19. The van der Waals surface area contributed by atoms with Gasteiger partial charge in [-0.3, -0.25) is 4.79 Å². The molecular weight excluding hydrogens is 322 g/mol. The van der Waals surface area contributed by atoms with Crippen LogP contribution in [0.5, 0.6) is 0 Å². The predicted molar refractivity (Wildman–Crippen MR) is 87.3 cm³/mol. The van der Waals surface area contributed by atoms with Gasteiger partial charge in [-0.05, 0) is 42.1 Å². The zero-order valence-corrected chi connectivity index (χ0v) is 13.8. The smallest absolute Gasteiger partial charge is 0.264 e. The Morgan fingerprint density at radius 2 is 2.32 bits per heavy atom. The normalized spacial score (nSPS) is 12.1. The maximum Gasteiger partial charge on any atom is 0.264 e. The molecule has 1 aromatic carbocycles. The first-order valence-corrected chi connectivity index (χ1v) is 8.30. The van der Waals surface area contributed by atoms with Gasteiger partial charge in [0, 0.05) is 11.6 Å². The van der Waals surface area contributed by atoms with E-state index in [1.807, 2.05) is 13.0 Å². The molecule has 7 heteroatoms. The highest BCUT2D eigenvalue weighted by Crippen LogP contribution is 2.20. The highest BCUT2D eigenvalue weighted by Gasteiger charge is 2.16. The van der Waals surface area contributed by atoms with Gasteiger partial charge in [0.1, 0.15) is 4.88 Å². The molecule has 2 rings (SSSR count). The van der Waals surface area contributed by atoms with Crippen molar-refractivity contribution >= 4 is 29.0 Å². The van der Waals surface area contributed by atoms with Gasteiger partial charge < -0.3 is 10.4 Å². The molecule has 2 N–H and O–H groups in total. The van der Waals surface area contributed by atoms with Gasteiger partial charge >= 0.3 is 0 Å². The Morgan fingerprint density at radius 3 is 3.05 bits per heavy atom. The highest BCUT2D eigenvalue weighted by atomic mass is 35.5. The molecule has 118 valence electrons. The van der Waals surface area contributed by atoms with Crippen molar-refractivity contribution in [2.45, 2.75) is 32.3 Å². The minimum Gasteiger partial charge on any atom is -0.388 e. The summed E-state index contributed by atoms with van der Waals surface area (Å²) in [4.78, 5) is 12.6. The standard InChI is InChI=1S/C15H18ClN3O2S/c1-2-4-12-14(22-19-18-12)15(21)17-8-7-13(20)10-5-3-6-11(16)9-10/h3,5-6,9,13,20H,2,4,7-8H2,1H3,(H,17,21). The van der Waals surface area contributed by atoms with Crippen LogP contribution in [0.4, 0.5) is 0 Å². The van der Waals surface area contributed by atoms with Crippen LogP contribution in [0.25, 0.3) is 0 Å². The lowest BCUT2D eigenvalue weighted by molar-refractivity contribution is 0.0945. The number of aliphatic hydroxyl groups is 1. The zero-order valence-electron chi connectivity index (χ0n) is 12.3. The average Bonchev–Trinajstić information content (AvgIpc) is 2.96. The molecule has 1 unspecified atom stereocenters. The van der Waals surface area contributed by atoms with Crippen molar-refractivity contribution in [2.75, 3.05) is 6.54 Å². The van der Waals surface area contributed by atoms with Crippen LogP contribution in [0.2, 0.25) is 5.02 Å². The summed E-state index contributed by atoms with van der Waals surface area (Å²) in [6.07, 6.45) is 1.42. The fourth-order valence-electron chi connectivity index (χ4n) is 2.06. The molecule has 5 nitrogen and oxygen atoms in total. The lowest BCUT2D eigenvalue weighted by atomic mass is 10.1. The van der Waals surface area contributed by atoms with Crippen molar-refractivity contribution in [3.63, 3.8) is 0 Å². The summed E-state index contributed by atoms with van der Waals surface area (Å²) in [6.45, 7) is 2.40. The zero-order chi connectivity index (χ0) is 15.9. The van der Waals surface area contributed by atoms with E-state index < -0.39 is 6.10 Å². The summed E-state index contributed by atoms with van der Waals surface area (Å²) >= 11 is 7.00. The molecule has 0 aliphatic carbocycles. The lowest BCUT2D eigenvalue weighted by Gasteiger charge is -2.11. The Kier molecular flexibility index (Phi) is 6.30. The third kappa shape index (κ3) is 4.50. The fourth-order valence-corrected chi connectivity index (χ4v) is 2.89. The molecule has 1 aromatic heterocycles.